The Morgan fingerprint density at radius 2 is 2.14 bits per heavy atom. The van der Waals surface area contributed by atoms with E-state index in [0.29, 0.717) is 34.6 Å². The first-order valence-electron chi connectivity index (χ1n) is 6.48. The molecule has 1 aromatic heterocycles. The van der Waals surface area contributed by atoms with E-state index in [-0.39, 0.29) is 5.82 Å². The van der Waals surface area contributed by atoms with Gasteiger partial charge in [-0.15, -0.1) is 0 Å². The molecule has 0 N–H and O–H groups in total. The van der Waals surface area contributed by atoms with Crippen LogP contribution in [0.4, 0.5) is 5.82 Å². The quantitative estimate of drug-likeness (QED) is 0.346. The average molecular weight is 337 g/mol. The molecule has 8 heteroatoms. The molecule has 0 saturated heterocycles. The minimum atomic E-state index is -0.486. The molecule has 0 aliphatic carbocycles. The van der Waals surface area contributed by atoms with E-state index in [4.69, 9.17) is 16.9 Å². The lowest BCUT2D eigenvalue weighted by Crippen LogP contribution is -2.04. The predicted octanol–water partition coefficient (Wildman–Crippen LogP) is 3.81. The summed E-state index contributed by atoms with van der Waals surface area (Å²) < 4.78 is 1.80. The first-order valence-corrected chi connectivity index (χ1v) is 7.85. The molecule has 0 spiro atoms. The molecule has 0 unspecified atom stereocenters. The minimum absolute atomic E-state index is 0.158. The molecule has 6 nitrogen and oxygen atoms in total. The van der Waals surface area contributed by atoms with E-state index in [9.17, 15) is 10.1 Å². The zero-order valence-corrected chi connectivity index (χ0v) is 13.4. The Bertz CT molecular complexity index is 722. The third-order valence-corrected chi connectivity index (χ3v) is 4.31. The third kappa shape index (κ3) is 3.78. The van der Waals surface area contributed by atoms with Crippen molar-refractivity contribution in [2.75, 3.05) is 5.75 Å². The number of nitro groups is 1. The van der Waals surface area contributed by atoms with Gasteiger partial charge in [-0.2, -0.15) is 5.26 Å². The molecule has 22 heavy (non-hydrogen) atoms. The maximum absolute atomic E-state index is 11.2. The first-order chi connectivity index (χ1) is 10.5. The predicted molar refractivity (Wildman–Crippen MR) is 85.1 cm³/mol. The van der Waals surface area contributed by atoms with Crippen LogP contribution in [0.1, 0.15) is 17.8 Å². The number of halogens is 1. The molecule has 0 atom stereocenters. The van der Waals surface area contributed by atoms with Crippen molar-refractivity contribution in [3.63, 3.8) is 0 Å². The van der Waals surface area contributed by atoms with Crippen LogP contribution in [0.5, 0.6) is 0 Å². The van der Waals surface area contributed by atoms with Gasteiger partial charge in [0.2, 0.25) is 5.82 Å². The molecule has 1 aromatic carbocycles. The summed E-state index contributed by atoms with van der Waals surface area (Å²) in [4.78, 5) is 14.7. The van der Waals surface area contributed by atoms with E-state index in [2.05, 4.69) is 4.98 Å². The summed E-state index contributed by atoms with van der Waals surface area (Å²) in [5.41, 5.74) is 0.974. The van der Waals surface area contributed by atoms with Gasteiger partial charge in [0.1, 0.15) is 0 Å². The fourth-order valence-electron chi connectivity index (χ4n) is 1.94. The number of thioether (sulfide) groups is 1. The van der Waals surface area contributed by atoms with Gasteiger partial charge in [-0.05, 0) is 27.6 Å². The molecule has 2 aromatic rings. The molecule has 0 amide bonds. The molecule has 0 radical (unpaired) electrons. The van der Waals surface area contributed by atoms with Gasteiger partial charge in [0.15, 0.2) is 5.03 Å². The number of nitrogens with zero attached hydrogens (tertiary/aromatic N) is 4. The van der Waals surface area contributed by atoms with E-state index >= 15 is 0 Å². The number of benzene rings is 1. The van der Waals surface area contributed by atoms with Crippen LogP contribution in [0.2, 0.25) is 5.02 Å². The highest BCUT2D eigenvalue weighted by Gasteiger charge is 2.25. The molecular weight excluding hydrogens is 324 g/mol. The second-order valence-corrected chi connectivity index (χ2v) is 6.03. The van der Waals surface area contributed by atoms with Crippen LogP contribution in [0.15, 0.2) is 29.3 Å². The monoisotopic (exact) mass is 336 g/mol. The Labute approximate surface area is 136 Å². The Kier molecular flexibility index (Phi) is 5.41. The fraction of sp³-hybridized carbons (Fsp3) is 0.286. The van der Waals surface area contributed by atoms with Crippen molar-refractivity contribution in [2.24, 2.45) is 0 Å². The van der Waals surface area contributed by atoms with Crippen molar-refractivity contribution in [2.45, 2.75) is 24.9 Å². The minimum Gasteiger partial charge on any atom is -0.358 e. The van der Waals surface area contributed by atoms with Crippen LogP contribution in [0.3, 0.4) is 0 Å². The summed E-state index contributed by atoms with van der Waals surface area (Å²) in [6.07, 6.45) is 0.326. The summed E-state index contributed by atoms with van der Waals surface area (Å²) >= 11 is 7.14. The molecule has 1 heterocycles. The average Bonchev–Trinajstić information content (AvgIpc) is 2.79. The molecule has 0 aliphatic rings. The number of aromatic nitrogens is 2. The number of hydrogen-bond acceptors (Lipinski definition) is 5. The van der Waals surface area contributed by atoms with E-state index in [1.165, 1.54) is 11.8 Å². The van der Waals surface area contributed by atoms with Gasteiger partial charge in [-0.25, -0.2) is 0 Å². The molecule has 0 saturated carbocycles. The Balaban J connectivity index is 2.34. The normalized spacial score (nSPS) is 10.4. The number of nitriles is 1. The number of imidazole rings is 1. The second kappa shape index (κ2) is 7.29. The smallest absolute Gasteiger partial charge is 0.358 e. The van der Waals surface area contributed by atoms with Crippen LogP contribution < -0.4 is 0 Å². The SMILES string of the molecule is Cc1nc([N+](=O)[O-])c(SCCC#N)n1Cc1ccc(Cl)cc1. The van der Waals surface area contributed by atoms with Crippen LogP contribution >= 0.6 is 23.4 Å². The van der Waals surface area contributed by atoms with Crippen LogP contribution in [0, 0.1) is 28.4 Å². The van der Waals surface area contributed by atoms with Gasteiger partial charge in [0.05, 0.1) is 12.6 Å². The van der Waals surface area contributed by atoms with Crippen molar-refractivity contribution < 1.29 is 4.92 Å². The zero-order valence-electron chi connectivity index (χ0n) is 11.8. The van der Waals surface area contributed by atoms with Crippen molar-refractivity contribution in [3.05, 3.63) is 50.8 Å². The van der Waals surface area contributed by atoms with E-state index in [1.54, 1.807) is 23.6 Å². The Hall–Kier alpha value is -2.04. The standard InChI is InChI=1S/C14H13ClN4O2S/c1-10-17-13(19(20)21)14(22-8-2-7-16)18(10)9-11-3-5-12(15)6-4-11/h3-6H,2,8-9H2,1H3. The van der Waals surface area contributed by atoms with Crippen molar-refractivity contribution in [1.29, 1.82) is 5.26 Å². The molecule has 0 fully saturated rings. The lowest BCUT2D eigenvalue weighted by Gasteiger charge is -2.08. The lowest BCUT2D eigenvalue weighted by atomic mass is 10.2. The molecule has 2 rings (SSSR count). The highest BCUT2D eigenvalue weighted by atomic mass is 35.5. The van der Waals surface area contributed by atoms with Gasteiger partial charge in [-0.1, -0.05) is 35.5 Å². The molecule has 0 aliphatic heterocycles. The maximum atomic E-state index is 11.2. The molecule has 0 bridgehead atoms. The van der Waals surface area contributed by atoms with Crippen molar-refractivity contribution in [1.82, 2.24) is 9.55 Å². The van der Waals surface area contributed by atoms with Crippen molar-refractivity contribution in [3.8, 4) is 6.07 Å². The van der Waals surface area contributed by atoms with Gasteiger partial charge in [-0.3, -0.25) is 4.57 Å². The topological polar surface area (TPSA) is 84.8 Å². The van der Waals surface area contributed by atoms with Crippen LogP contribution in [-0.2, 0) is 6.54 Å². The highest BCUT2D eigenvalue weighted by molar-refractivity contribution is 7.99. The van der Waals surface area contributed by atoms with Crippen LogP contribution in [-0.4, -0.2) is 20.2 Å². The summed E-state index contributed by atoms with van der Waals surface area (Å²) in [5.74, 6) is 0.902. The summed E-state index contributed by atoms with van der Waals surface area (Å²) in [6, 6.07) is 9.33. The van der Waals surface area contributed by atoms with Gasteiger partial charge >= 0.3 is 5.82 Å². The first kappa shape index (κ1) is 16.3. The summed E-state index contributed by atoms with van der Waals surface area (Å²) in [7, 11) is 0. The lowest BCUT2D eigenvalue weighted by molar-refractivity contribution is -0.392. The summed E-state index contributed by atoms with van der Waals surface area (Å²) in [5, 5.41) is 20.9. The van der Waals surface area contributed by atoms with Crippen LogP contribution in [0.25, 0.3) is 0 Å². The Morgan fingerprint density at radius 1 is 1.45 bits per heavy atom. The summed E-state index contributed by atoms with van der Waals surface area (Å²) in [6.45, 7) is 2.20. The fourth-order valence-corrected chi connectivity index (χ4v) is 3.06. The van der Waals surface area contributed by atoms with E-state index in [1.807, 2.05) is 18.2 Å². The van der Waals surface area contributed by atoms with Crippen molar-refractivity contribution >= 4 is 29.2 Å². The van der Waals surface area contributed by atoms with E-state index < -0.39 is 4.92 Å². The number of hydrogen-bond donors (Lipinski definition) is 0. The maximum Gasteiger partial charge on any atom is 0.396 e. The zero-order chi connectivity index (χ0) is 16.1. The molecular formula is C14H13ClN4O2S. The van der Waals surface area contributed by atoms with Gasteiger partial charge < -0.3 is 10.1 Å². The highest BCUT2D eigenvalue weighted by Crippen LogP contribution is 2.31. The van der Waals surface area contributed by atoms with E-state index in [0.717, 1.165) is 5.56 Å². The number of rotatable bonds is 6. The largest absolute Gasteiger partial charge is 0.396 e. The number of aryl methyl sites for hydroxylation is 1. The van der Waals surface area contributed by atoms with Gasteiger partial charge in [0.25, 0.3) is 0 Å². The molecule has 114 valence electrons. The second-order valence-electron chi connectivity index (χ2n) is 4.51. The Morgan fingerprint density at radius 3 is 2.73 bits per heavy atom. The van der Waals surface area contributed by atoms with Gasteiger partial charge in [0, 0.05) is 24.1 Å². The third-order valence-electron chi connectivity index (χ3n) is 2.97.